The summed E-state index contributed by atoms with van der Waals surface area (Å²) in [6.07, 6.45) is 4.60. The zero-order valence-electron chi connectivity index (χ0n) is 15.0. The largest absolute Gasteiger partial charge is 0.486 e. The van der Waals surface area contributed by atoms with E-state index in [0.717, 1.165) is 11.0 Å². The van der Waals surface area contributed by atoms with Gasteiger partial charge >= 0.3 is 0 Å². The standard InChI is InChI=1S/C19H22N4O3S/c1-2-8-23-18(13-3-4-13)21-22-19(23)27-11-7-17(24)20-14-5-6-15-16(12-14)26-10-9-25-15/h2,5-6,12-13H,1,3-4,7-11H2,(H,20,24). The van der Waals surface area contributed by atoms with Crippen LogP contribution in [0.1, 0.15) is 31.0 Å². The summed E-state index contributed by atoms with van der Waals surface area (Å²) in [5.74, 6) is 3.54. The number of thioether (sulfide) groups is 1. The van der Waals surface area contributed by atoms with E-state index >= 15 is 0 Å². The van der Waals surface area contributed by atoms with Crippen LogP contribution in [0.25, 0.3) is 0 Å². The second kappa shape index (κ2) is 8.04. The van der Waals surface area contributed by atoms with Crippen LogP contribution in [-0.4, -0.2) is 39.6 Å². The number of aromatic nitrogens is 3. The molecule has 0 saturated heterocycles. The normalized spacial score (nSPS) is 15.4. The first kappa shape index (κ1) is 17.9. The number of allylic oxidation sites excluding steroid dienone is 1. The third kappa shape index (κ3) is 4.27. The molecular weight excluding hydrogens is 364 g/mol. The number of benzene rings is 1. The molecule has 0 spiro atoms. The number of ether oxygens (including phenoxy) is 2. The molecule has 1 aliphatic carbocycles. The highest BCUT2D eigenvalue weighted by Gasteiger charge is 2.30. The number of hydrogen-bond acceptors (Lipinski definition) is 6. The Labute approximate surface area is 162 Å². The van der Waals surface area contributed by atoms with Crippen molar-refractivity contribution in [1.82, 2.24) is 14.8 Å². The van der Waals surface area contributed by atoms with Crippen LogP contribution in [0.2, 0.25) is 0 Å². The maximum Gasteiger partial charge on any atom is 0.225 e. The maximum absolute atomic E-state index is 12.2. The Morgan fingerprint density at radius 3 is 2.89 bits per heavy atom. The molecule has 2 heterocycles. The summed E-state index contributed by atoms with van der Waals surface area (Å²) in [7, 11) is 0. The van der Waals surface area contributed by atoms with Crippen molar-refractivity contribution < 1.29 is 14.3 Å². The number of rotatable bonds is 8. The highest BCUT2D eigenvalue weighted by molar-refractivity contribution is 7.99. The third-order valence-electron chi connectivity index (χ3n) is 4.39. The van der Waals surface area contributed by atoms with Gasteiger partial charge in [0.1, 0.15) is 19.0 Å². The van der Waals surface area contributed by atoms with Gasteiger partial charge in [0.25, 0.3) is 0 Å². The van der Waals surface area contributed by atoms with Crippen molar-refractivity contribution in [1.29, 1.82) is 0 Å². The lowest BCUT2D eigenvalue weighted by molar-refractivity contribution is -0.115. The molecule has 2 aromatic rings. The van der Waals surface area contributed by atoms with Gasteiger partial charge in [-0.15, -0.1) is 16.8 Å². The molecule has 0 unspecified atom stereocenters. The molecule has 142 valence electrons. The summed E-state index contributed by atoms with van der Waals surface area (Å²) in [4.78, 5) is 12.2. The van der Waals surface area contributed by atoms with Gasteiger partial charge in [0.2, 0.25) is 5.91 Å². The third-order valence-corrected chi connectivity index (χ3v) is 5.35. The molecule has 1 amide bonds. The number of anilines is 1. The van der Waals surface area contributed by atoms with Crippen LogP contribution in [-0.2, 0) is 11.3 Å². The van der Waals surface area contributed by atoms with E-state index in [9.17, 15) is 4.79 Å². The topological polar surface area (TPSA) is 78.3 Å². The molecule has 0 bridgehead atoms. The first-order valence-electron chi connectivity index (χ1n) is 9.11. The van der Waals surface area contributed by atoms with Gasteiger partial charge in [-0.25, -0.2) is 0 Å². The van der Waals surface area contributed by atoms with E-state index in [-0.39, 0.29) is 5.91 Å². The van der Waals surface area contributed by atoms with E-state index in [1.165, 1.54) is 12.8 Å². The molecule has 1 N–H and O–H groups in total. The minimum Gasteiger partial charge on any atom is -0.486 e. The predicted octanol–water partition coefficient (Wildman–Crippen LogP) is 3.23. The molecule has 1 fully saturated rings. The van der Waals surface area contributed by atoms with Crippen LogP contribution in [0.15, 0.2) is 36.0 Å². The summed E-state index contributed by atoms with van der Waals surface area (Å²) in [6, 6.07) is 5.43. The molecule has 8 heteroatoms. The lowest BCUT2D eigenvalue weighted by Gasteiger charge is -2.19. The first-order valence-corrected chi connectivity index (χ1v) is 10.1. The molecule has 0 atom stereocenters. The fourth-order valence-electron chi connectivity index (χ4n) is 2.93. The second-order valence-electron chi connectivity index (χ2n) is 6.52. The van der Waals surface area contributed by atoms with Crippen LogP contribution in [0.4, 0.5) is 5.69 Å². The van der Waals surface area contributed by atoms with Crippen molar-refractivity contribution in [3.05, 3.63) is 36.7 Å². The van der Waals surface area contributed by atoms with Crippen LogP contribution < -0.4 is 14.8 Å². The van der Waals surface area contributed by atoms with Gasteiger partial charge in [-0.3, -0.25) is 4.79 Å². The molecule has 4 rings (SSSR count). The van der Waals surface area contributed by atoms with E-state index in [4.69, 9.17) is 9.47 Å². The molecule has 1 aromatic heterocycles. The Balaban J connectivity index is 1.30. The van der Waals surface area contributed by atoms with Crippen molar-refractivity contribution in [3.8, 4) is 11.5 Å². The number of carbonyl (C=O) groups is 1. The summed E-state index contributed by atoms with van der Waals surface area (Å²) in [5.41, 5.74) is 0.708. The van der Waals surface area contributed by atoms with Crippen molar-refractivity contribution in [3.63, 3.8) is 0 Å². The van der Waals surface area contributed by atoms with Crippen LogP contribution >= 0.6 is 11.8 Å². The van der Waals surface area contributed by atoms with Gasteiger partial charge in [0.15, 0.2) is 16.7 Å². The number of nitrogens with zero attached hydrogens (tertiary/aromatic N) is 3. The average Bonchev–Trinajstić information content (AvgIpc) is 3.44. The highest BCUT2D eigenvalue weighted by Crippen LogP contribution is 2.40. The number of hydrogen-bond donors (Lipinski definition) is 1. The zero-order chi connectivity index (χ0) is 18.6. The number of amides is 1. The highest BCUT2D eigenvalue weighted by atomic mass is 32.2. The van der Waals surface area contributed by atoms with Gasteiger partial charge in [-0.2, -0.15) is 0 Å². The van der Waals surface area contributed by atoms with Crippen LogP contribution in [0, 0.1) is 0 Å². The molecule has 0 radical (unpaired) electrons. The second-order valence-corrected chi connectivity index (χ2v) is 7.58. The number of nitrogens with one attached hydrogen (secondary N) is 1. The molecular formula is C19H22N4O3S. The first-order chi connectivity index (χ1) is 13.2. The Morgan fingerprint density at radius 2 is 2.11 bits per heavy atom. The average molecular weight is 386 g/mol. The molecule has 1 aromatic carbocycles. The van der Waals surface area contributed by atoms with Crippen molar-refractivity contribution in [2.24, 2.45) is 0 Å². The minimum atomic E-state index is -0.0450. The van der Waals surface area contributed by atoms with Crippen molar-refractivity contribution >= 4 is 23.4 Å². The minimum absolute atomic E-state index is 0.0450. The van der Waals surface area contributed by atoms with E-state index < -0.39 is 0 Å². The van der Waals surface area contributed by atoms with E-state index in [0.29, 0.717) is 55.0 Å². The monoisotopic (exact) mass is 386 g/mol. The Hall–Kier alpha value is -2.48. The number of carbonyl (C=O) groups excluding carboxylic acids is 1. The van der Waals surface area contributed by atoms with Gasteiger partial charge < -0.3 is 19.4 Å². The molecule has 7 nitrogen and oxygen atoms in total. The summed E-state index contributed by atoms with van der Waals surface area (Å²) in [5, 5.41) is 12.4. The SMILES string of the molecule is C=CCn1c(SCCC(=O)Nc2ccc3c(c2)OCCO3)nnc1C1CC1. The molecule has 2 aliphatic rings. The maximum atomic E-state index is 12.2. The van der Waals surface area contributed by atoms with Gasteiger partial charge in [-0.05, 0) is 25.0 Å². The summed E-state index contributed by atoms with van der Waals surface area (Å²) >= 11 is 1.55. The quantitative estimate of drug-likeness (QED) is 0.554. The van der Waals surface area contributed by atoms with Gasteiger partial charge in [-0.1, -0.05) is 17.8 Å². The van der Waals surface area contributed by atoms with Gasteiger partial charge in [0.05, 0.1) is 0 Å². The molecule has 27 heavy (non-hydrogen) atoms. The lowest BCUT2D eigenvalue weighted by atomic mass is 10.2. The van der Waals surface area contributed by atoms with Crippen molar-refractivity contribution in [2.45, 2.75) is 36.9 Å². The fraction of sp³-hybridized carbons (Fsp3) is 0.421. The lowest BCUT2D eigenvalue weighted by Crippen LogP contribution is -2.16. The number of fused-ring (bicyclic) bond motifs is 1. The Morgan fingerprint density at radius 1 is 1.30 bits per heavy atom. The Bertz CT molecular complexity index is 847. The Kier molecular flexibility index (Phi) is 5.33. The fourth-order valence-corrected chi connectivity index (χ4v) is 3.82. The smallest absolute Gasteiger partial charge is 0.225 e. The van der Waals surface area contributed by atoms with Crippen molar-refractivity contribution in [2.75, 3.05) is 24.3 Å². The molecule has 1 aliphatic heterocycles. The van der Waals surface area contributed by atoms with Gasteiger partial charge in [0, 0.05) is 36.4 Å². The zero-order valence-corrected chi connectivity index (χ0v) is 15.8. The summed E-state index contributed by atoms with van der Waals surface area (Å²) < 4.78 is 13.1. The molecule has 1 saturated carbocycles. The summed E-state index contributed by atoms with van der Waals surface area (Å²) in [6.45, 7) is 5.59. The van der Waals surface area contributed by atoms with Crippen LogP contribution in [0.3, 0.4) is 0 Å². The predicted molar refractivity (Wildman–Crippen MR) is 104 cm³/mol. The van der Waals surface area contributed by atoms with E-state index in [2.05, 4.69) is 26.7 Å². The van der Waals surface area contributed by atoms with E-state index in [1.54, 1.807) is 17.8 Å². The van der Waals surface area contributed by atoms with E-state index in [1.807, 2.05) is 18.2 Å². The van der Waals surface area contributed by atoms with Crippen LogP contribution in [0.5, 0.6) is 11.5 Å².